The number of ether oxygens (including phenoxy) is 1. The molecule has 28 heavy (non-hydrogen) atoms. The van der Waals surface area contributed by atoms with Gasteiger partial charge in [0.2, 0.25) is 10.0 Å². The first-order valence-corrected chi connectivity index (χ1v) is 11.0. The van der Waals surface area contributed by atoms with Crippen molar-refractivity contribution in [3.63, 3.8) is 0 Å². The van der Waals surface area contributed by atoms with Gasteiger partial charge in [0, 0.05) is 26.2 Å². The summed E-state index contributed by atoms with van der Waals surface area (Å²) in [5.41, 5.74) is 0. The SMILES string of the molecule is O=C(c1sccc1OC(F)F)N1CCN(S(=O)(=O)c2ccc(Cl)c(Cl)c2)CC1. The molecule has 0 aliphatic carbocycles. The van der Waals surface area contributed by atoms with Crippen LogP contribution in [0.1, 0.15) is 9.67 Å². The van der Waals surface area contributed by atoms with E-state index in [-0.39, 0.29) is 51.7 Å². The monoisotopic (exact) mass is 470 g/mol. The van der Waals surface area contributed by atoms with E-state index < -0.39 is 22.5 Å². The maximum absolute atomic E-state index is 12.8. The zero-order chi connectivity index (χ0) is 20.5. The molecular weight excluding hydrogens is 457 g/mol. The molecule has 1 amide bonds. The third-order valence-corrected chi connectivity index (χ3v) is 7.61. The molecule has 0 unspecified atom stereocenters. The number of thiophene rings is 1. The maximum Gasteiger partial charge on any atom is 0.387 e. The molecule has 1 aromatic carbocycles. The second-order valence-corrected chi connectivity index (χ2v) is 9.43. The van der Waals surface area contributed by atoms with Gasteiger partial charge in [-0.2, -0.15) is 13.1 Å². The van der Waals surface area contributed by atoms with Gasteiger partial charge in [0.25, 0.3) is 5.91 Å². The van der Waals surface area contributed by atoms with Crippen molar-refractivity contribution in [2.75, 3.05) is 26.2 Å². The van der Waals surface area contributed by atoms with Crippen LogP contribution in [0, 0.1) is 0 Å². The number of hydrogen-bond acceptors (Lipinski definition) is 5. The van der Waals surface area contributed by atoms with Gasteiger partial charge in [0.05, 0.1) is 14.9 Å². The number of nitrogens with zero attached hydrogens (tertiary/aromatic N) is 2. The molecule has 1 aliphatic heterocycles. The molecule has 0 radical (unpaired) electrons. The molecule has 12 heteroatoms. The fraction of sp³-hybridized carbons (Fsp3) is 0.312. The molecule has 1 aromatic heterocycles. The molecule has 3 rings (SSSR count). The van der Waals surface area contributed by atoms with Crippen molar-refractivity contribution in [3.05, 3.63) is 44.6 Å². The summed E-state index contributed by atoms with van der Waals surface area (Å²) in [7, 11) is -3.80. The lowest BCUT2D eigenvalue weighted by molar-refractivity contribution is -0.0499. The quantitative estimate of drug-likeness (QED) is 0.666. The predicted molar refractivity (Wildman–Crippen MR) is 102 cm³/mol. The minimum atomic E-state index is -3.80. The topological polar surface area (TPSA) is 66.9 Å². The highest BCUT2D eigenvalue weighted by atomic mass is 35.5. The van der Waals surface area contributed by atoms with E-state index in [9.17, 15) is 22.0 Å². The van der Waals surface area contributed by atoms with Crippen LogP contribution in [0.3, 0.4) is 0 Å². The van der Waals surface area contributed by atoms with E-state index in [1.165, 1.54) is 38.9 Å². The van der Waals surface area contributed by atoms with Gasteiger partial charge in [-0.25, -0.2) is 8.42 Å². The Bertz CT molecular complexity index is 977. The Morgan fingerprint density at radius 3 is 2.39 bits per heavy atom. The molecule has 0 N–H and O–H groups in total. The van der Waals surface area contributed by atoms with Crippen LogP contribution >= 0.6 is 34.5 Å². The Labute approximate surface area is 174 Å². The molecule has 1 fully saturated rings. The number of piperazine rings is 1. The maximum atomic E-state index is 12.8. The predicted octanol–water partition coefficient (Wildman–Crippen LogP) is 3.80. The molecule has 152 valence electrons. The lowest BCUT2D eigenvalue weighted by Crippen LogP contribution is -2.50. The number of halogens is 4. The van der Waals surface area contributed by atoms with E-state index in [0.717, 1.165) is 11.3 Å². The van der Waals surface area contributed by atoms with Crippen molar-refractivity contribution in [2.24, 2.45) is 0 Å². The molecule has 2 heterocycles. The standard InChI is InChI=1S/C16H14Cl2F2N2O4S2/c17-11-2-1-10(9-12(11)18)28(24,25)22-6-4-21(5-7-22)15(23)14-13(3-8-27-14)26-16(19)20/h1-3,8-9,16H,4-7H2. The number of carbonyl (C=O) groups excluding carboxylic acids is 1. The van der Waals surface area contributed by atoms with E-state index in [1.807, 2.05) is 0 Å². The van der Waals surface area contributed by atoms with Crippen molar-refractivity contribution >= 4 is 50.5 Å². The summed E-state index contributed by atoms with van der Waals surface area (Å²) in [6, 6.07) is 5.34. The molecule has 0 bridgehead atoms. The van der Waals surface area contributed by atoms with Crippen LogP contribution in [0.5, 0.6) is 5.75 Å². The van der Waals surface area contributed by atoms with Gasteiger partial charge >= 0.3 is 6.61 Å². The normalized spacial score (nSPS) is 15.8. The van der Waals surface area contributed by atoms with Crippen molar-refractivity contribution in [1.82, 2.24) is 9.21 Å². The average Bonchev–Trinajstić information content (AvgIpc) is 3.10. The summed E-state index contributed by atoms with van der Waals surface area (Å²) < 4.78 is 56.0. The summed E-state index contributed by atoms with van der Waals surface area (Å²) in [6.07, 6.45) is 0. The van der Waals surface area contributed by atoms with E-state index in [0.29, 0.717) is 0 Å². The molecule has 1 saturated heterocycles. The number of benzene rings is 1. The van der Waals surface area contributed by atoms with Crippen LogP contribution in [0.15, 0.2) is 34.5 Å². The van der Waals surface area contributed by atoms with E-state index in [4.69, 9.17) is 23.2 Å². The third-order valence-electron chi connectivity index (χ3n) is 4.09. The Morgan fingerprint density at radius 1 is 1.11 bits per heavy atom. The Balaban J connectivity index is 1.69. The van der Waals surface area contributed by atoms with Crippen LogP contribution < -0.4 is 4.74 Å². The van der Waals surface area contributed by atoms with Crippen molar-refractivity contribution < 1.29 is 26.7 Å². The first-order valence-electron chi connectivity index (χ1n) is 7.97. The summed E-state index contributed by atoms with van der Waals surface area (Å²) in [6.45, 7) is -2.68. The van der Waals surface area contributed by atoms with Crippen molar-refractivity contribution in [1.29, 1.82) is 0 Å². The lowest BCUT2D eigenvalue weighted by atomic mass is 10.3. The Morgan fingerprint density at radius 2 is 1.79 bits per heavy atom. The van der Waals surface area contributed by atoms with Gasteiger partial charge in [0.1, 0.15) is 10.6 Å². The van der Waals surface area contributed by atoms with Gasteiger partial charge in [-0.1, -0.05) is 23.2 Å². The van der Waals surface area contributed by atoms with Crippen LogP contribution in [-0.2, 0) is 10.0 Å². The number of amides is 1. The van der Waals surface area contributed by atoms with E-state index in [1.54, 1.807) is 0 Å². The van der Waals surface area contributed by atoms with Crippen LogP contribution in [0.25, 0.3) is 0 Å². The highest BCUT2D eigenvalue weighted by Gasteiger charge is 2.32. The number of sulfonamides is 1. The Kier molecular flexibility index (Phi) is 6.45. The largest absolute Gasteiger partial charge is 0.433 e. The van der Waals surface area contributed by atoms with Gasteiger partial charge in [-0.3, -0.25) is 4.79 Å². The fourth-order valence-corrected chi connectivity index (χ4v) is 5.31. The molecular formula is C16H14Cl2F2N2O4S2. The minimum absolute atomic E-state index is 0.00699. The minimum Gasteiger partial charge on any atom is -0.433 e. The first kappa shape index (κ1) is 21.3. The molecule has 0 spiro atoms. The first-order chi connectivity index (χ1) is 13.2. The van der Waals surface area contributed by atoms with Crippen LogP contribution in [0.2, 0.25) is 10.0 Å². The molecule has 1 aliphatic rings. The second kappa shape index (κ2) is 8.50. The average molecular weight is 471 g/mol. The van der Waals surface area contributed by atoms with Crippen molar-refractivity contribution in [3.8, 4) is 5.75 Å². The highest BCUT2D eigenvalue weighted by Crippen LogP contribution is 2.30. The van der Waals surface area contributed by atoms with Gasteiger partial charge in [-0.15, -0.1) is 11.3 Å². The zero-order valence-corrected chi connectivity index (χ0v) is 17.3. The molecule has 0 atom stereocenters. The summed E-state index contributed by atoms with van der Waals surface area (Å²) in [4.78, 5) is 14.1. The molecule has 2 aromatic rings. The number of carbonyl (C=O) groups is 1. The summed E-state index contributed by atoms with van der Waals surface area (Å²) >= 11 is 12.7. The van der Waals surface area contributed by atoms with E-state index in [2.05, 4.69) is 4.74 Å². The second-order valence-electron chi connectivity index (χ2n) is 5.76. The fourth-order valence-electron chi connectivity index (χ4n) is 2.70. The smallest absolute Gasteiger partial charge is 0.387 e. The highest BCUT2D eigenvalue weighted by molar-refractivity contribution is 7.89. The number of alkyl halides is 2. The van der Waals surface area contributed by atoms with Crippen LogP contribution in [-0.4, -0.2) is 56.3 Å². The van der Waals surface area contributed by atoms with E-state index >= 15 is 0 Å². The van der Waals surface area contributed by atoms with Crippen LogP contribution in [0.4, 0.5) is 8.78 Å². The van der Waals surface area contributed by atoms with Crippen molar-refractivity contribution in [2.45, 2.75) is 11.5 Å². The van der Waals surface area contributed by atoms with Gasteiger partial charge < -0.3 is 9.64 Å². The number of hydrogen-bond donors (Lipinski definition) is 0. The molecule has 6 nitrogen and oxygen atoms in total. The summed E-state index contributed by atoms with van der Waals surface area (Å²) in [5, 5.41) is 1.85. The van der Waals surface area contributed by atoms with Gasteiger partial charge in [0.15, 0.2) is 0 Å². The Hall–Kier alpha value is -1.46. The number of rotatable bonds is 5. The van der Waals surface area contributed by atoms with Gasteiger partial charge in [-0.05, 0) is 29.6 Å². The lowest BCUT2D eigenvalue weighted by Gasteiger charge is -2.34. The zero-order valence-electron chi connectivity index (χ0n) is 14.1. The third kappa shape index (κ3) is 4.41. The molecule has 0 saturated carbocycles. The summed E-state index contributed by atoms with van der Waals surface area (Å²) in [5.74, 6) is -0.659.